The Morgan fingerprint density at radius 2 is 1.16 bits per heavy atom. The molecular weight excluding hydrogens is 431 g/mol. The second-order valence-electron chi connectivity index (χ2n) is 8.95. The van der Waals surface area contributed by atoms with Crippen molar-refractivity contribution in [1.29, 1.82) is 0 Å². The van der Waals surface area contributed by atoms with Crippen LogP contribution >= 0.6 is 18.6 Å². The molecule has 0 radical (unpaired) electrons. The Hall–Kier alpha value is -2.74. The summed E-state index contributed by atoms with van der Waals surface area (Å²) in [5.41, 5.74) is -0.502. The fraction of sp³-hybridized carbons (Fsp3) is 0.179. The van der Waals surface area contributed by atoms with Gasteiger partial charge in [0, 0.05) is 0 Å². The second-order valence-corrected chi connectivity index (χ2v) is 14.0. The summed E-state index contributed by atoms with van der Waals surface area (Å²) in [4.78, 5) is 14.5. The molecule has 0 N–H and O–H groups in total. The summed E-state index contributed by atoms with van der Waals surface area (Å²) >= 11 is 1.55. The summed E-state index contributed by atoms with van der Waals surface area (Å²) in [6, 6.07) is 36.6. The SMILES string of the molecule is CC(C)(C)OC(=O)c1ccc(C[PH](c2ccccc2)(c2ccccc2)c2ccccc2)s1. The van der Waals surface area contributed by atoms with E-state index in [1.165, 1.54) is 20.8 Å². The number of rotatable bonds is 6. The maximum absolute atomic E-state index is 12.6. The van der Waals surface area contributed by atoms with E-state index in [2.05, 4.69) is 97.1 Å². The van der Waals surface area contributed by atoms with Crippen LogP contribution in [0.3, 0.4) is 0 Å². The van der Waals surface area contributed by atoms with Gasteiger partial charge in [0.05, 0.1) is 0 Å². The first-order valence-corrected chi connectivity index (χ1v) is 13.9. The van der Waals surface area contributed by atoms with Crippen LogP contribution in [-0.4, -0.2) is 11.6 Å². The zero-order valence-electron chi connectivity index (χ0n) is 18.7. The van der Waals surface area contributed by atoms with Gasteiger partial charge in [-0.3, -0.25) is 0 Å². The van der Waals surface area contributed by atoms with Gasteiger partial charge in [0.15, 0.2) is 0 Å². The number of carbonyl (C=O) groups is 1. The average Bonchev–Trinajstić information content (AvgIpc) is 3.27. The molecule has 0 bridgehead atoms. The van der Waals surface area contributed by atoms with E-state index in [0.29, 0.717) is 4.88 Å². The number of benzene rings is 3. The van der Waals surface area contributed by atoms with Gasteiger partial charge in [-0.05, 0) is 0 Å². The molecule has 0 atom stereocenters. The van der Waals surface area contributed by atoms with Crippen molar-refractivity contribution in [2.45, 2.75) is 32.5 Å². The first-order valence-electron chi connectivity index (χ1n) is 10.9. The molecule has 0 unspecified atom stereocenters. The predicted octanol–water partition coefficient (Wildman–Crippen LogP) is 5.93. The van der Waals surface area contributed by atoms with Gasteiger partial charge >= 0.3 is 195 Å². The maximum atomic E-state index is 12.6. The molecule has 1 aromatic heterocycles. The monoisotopic (exact) mass is 460 g/mol. The molecule has 32 heavy (non-hydrogen) atoms. The van der Waals surface area contributed by atoms with E-state index in [1.807, 2.05) is 26.8 Å². The Kier molecular flexibility index (Phi) is 6.60. The number of esters is 1. The Balaban J connectivity index is 1.83. The molecule has 4 heteroatoms. The predicted molar refractivity (Wildman–Crippen MR) is 140 cm³/mol. The van der Waals surface area contributed by atoms with Crippen molar-refractivity contribution in [3.05, 3.63) is 113 Å². The molecule has 4 rings (SSSR count). The summed E-state index contributed by atoms with van der Waals surface area (Å²) in [6.07, 6.45) is 0.887. The van der Waals surface area contributed by atoms with Gasteiger partial charge in [0.2, 0.25) is 0 Å². The van der Waals surface area contributed by atoms with Crippen LogP contribution in [0.15, 0.2) is 103 Å². The van der Waals surface area contributed by atoms with E-state index in [4.69, 9.17) is 4.74 Å². The van der Waals surface area contributed by atoms with Crippen molar-refractivity contribution >= 4 is 40.5 Å². The van der Waals surface area contributed by atoms with E-state index >= 15 is 0 Å². The number of hydrogen-bond donors (Lipinski definition) is 0. The fourth-order valence-corrected chi connectivity index (χ4v) is 10.3. The third-order valence-electron chi connectivity index (χ3n) is 5.50. The van der Waals surface area contributed by atoms with Gasteiger partial charge in [-0.15, -0.1) is 0 Å². The summed E-state index contributed by atoms with van der Waals surface area (Å²) in [5, 5.41) is 4.10. The standard InChI is InChI=1S/C28H29O2PS/c1-28(2,3)30-27(29)26-20-19-25(32-26)21-31(22-13-7-4-8-14-22,23-15-9-5-10-16-23)24-17-11-6-12-18-24/h4-20,31H,21H2,1-3H3. The third kappa shape index (κ3) is 4.85. The number of carbonyl (C=O) groups excluding carboxylic acids is 1. The van der Waals surface area contributed by atoms with Gasteiger partial charge in [-0.2, -0.15) is 0 Å². The number of ether oxygens (including phenoxy) is 1. The van der Waals surface area contributed by atoms with Gasteiger partial charge in [-0.25, -0.2) is 0 Å². The van der Waals surface area contributed by atoms with E-state index in [1.54, 1.807) is 11.3 Å². The molecule has 0 saturated heterocycles. The van der Waals surface area contributed by atoms with Gasteiger partial charge in [-0.1, -0.05) is 0 Å². The van der Waals surface area contributed by atoms with E-state index in [-0.39, 0.29) is 5.97 Å². The summed E-state index contributed by atoms with van der Waals surface area (Å²) in [5.74, 6) is -0.250. The Labute approximate surface area is 195 Å². The van der Waals surface area contributed by atoms with E-state index in [9.17, 15) is 4.79 Å². The van der Waals surface area contributed by atoms with Gasteiger partial charge < -0.3 is 0 Å². The number of hydrogen-bond acceptors (Lipinski definition) is 3. The van der Waals surface area contributed by atoms with E-state index in [0.717, 1.165) is 6.16 Å². The van der Waals surface area contributed by atoms with E-state index < -0.39 is 12.9 Å². The zero-order chi connectivity index (χ0) is 22.6. The van der Waals surface area contributed by atoms with Crippen molar-refractivity contribution in [1.82, 2.24) is 0 Å². The van der Waals surface area contributed by atoms with Crippen LogP contribution in [0.2, 0.25) is 0 Å². The third-order valence-corrected chi connectivity index (χ3v) is 11.7. The van der Waals surface area contributed by atoms with Gasteiger partial charge in [0.1, 0.15) is 0 Å². The van der Waals surface area contributed by atoms with Crippen LogP contribution < -0.4 is 15.9 Å². The number of thiophene rings is 1. The molecule has 3 aromatic carbocycles. The molecule has 0 aliphatic heterocycles. The van der Waals surface area contributed by atoms with Crippen LogP contribution in [0.4, 0.5) is 0 Å². The minimum atomic E-state index is -2.37. The second kappa shape index (κ2) is 9.40. The molecule has 0 saturated carbocycles. The fourth-order valence-electron chi connectivity index (χ4n) is 4.15. The van der Waals surface area contributed by atoms with Gasteiger partial charge in [0.25, 0.3) is 0 Å². The molecule has 0 fully saturated rings. The summed E-state index contributed by atoms with van der Waals surface area (Å²) in [6.45, 7) is 5.70. The Morgan fingerprint density at radius 1 is 0.719 bits per heavy atom. The van der Waals surface area contributed by atoms with Crippen molar-refractivity contribution < 1.29 is 9.53 Å². The topological polar surface area (TPSA) is 26.3 Å². The molecule has 164 valence electrons. The first-order chi connectivity index (χ1) is 15.4. The summed E-state index contributed by atoms with van der Waals surface area (Å²) < 4.78 is 5.60. The van der Waals surface area contributed by atoms with Crippen molar-refractivity contribution in [2.75, 3.05) is 0 Å². The zero-order valence-corrected chi connectivity index (χ0v) is 20.6. The van der Waals surface area contributed by atoms with Crippen LogP contribution in [-0.2, 0) is 10.9 Å². The van der Waals surface area contributed by atoms with Crippen molar-refractivity contribution in [2.24, 2.45) is 0 Å². The first kappa shape index (κ1) is 22.5. The Morgan fingerprint density at radius 3 is 1.56 bits per heavy atom. The molecule has 1 heterocycles. The van der Waals surface area contributed by atoms with Crippen molar-refractivity contribution in [3.63, 3.8) is 0 Å². The molecule has 0 amide bonds. The molecule has 0 aliphatic rings. The average molecular weight is 461 g/mol. The van der Waals surface area contributed by atoms with Crippen LogP contribution in [0.1, 0.15) is 35.3 Å². The molecule has 0 spiro atoms. The van der Waals surface area contributed by atoms with Crippen LogP contribution in [0.5, 0.6) is 0 Å². The molecule has 4 aromatic rings. The normalized spacial score (nSPS) is 12.3. The van der Waals surface area contributed by atoms with Crippen LogP contribution in [0.25, 0.3) is 0 Å². The molecule has 2 nitrogen and oxygen atoms in total. The van der Waals surface area contributed by atoms with Crippen molar-refractivity contribution in [3.8, 4) is 0 Å². The minimum absolute atomic E-state index is 0.250. The summed E-state index contributed by atoms with van der Waals surface area (Å²) in [7, 11) is -2.37. The molecule has 0 aliphatic carbocycles. The molecular formula is C28H29O2PS. The quantitative estimate of drug-likeness (QED) is 0.263. The Bertz CT molecular complexity index is 1070. The van der Waals surface area contributed by atoms with Crippen LogP contribution in [0, 0.1) is 0 Å².